The maximum atomic E-state index is 10.2. The molecule has 0 radical (unpaired) electrons. The maximum Gasteiger partial charge on any atom is 0.0994 e. The van der Waals surface area contributed by atoms with Crippen LogP contribution in [0.4, 0.5) is 0 Å². The van der Waals surface area contributed by atoms with Crippen LogP contribution in [-0.2, 0) is 9.47 Å². The van der Waals surface area contributed by atoms with E-state index in [0.29, 0.717) is 6.61 Å². The van der Waals surface area contributed by atoms with Gasteiger partial charge in [-0.25, -0.2) is 0 Å². The summed E-state index contributed by atoms with van der Waals surface area (Å²) in [6, 6.07) is -0.377. The van der Waals surface area contributed by atoms with Crippen LogP contribution in [0.25, 0.3) is 0 Å². The third-order valence-electron chi connectivity index (χ3n) is 2.93. The summed E-state index contributed by atoms with van der Waals surface area (Å²) in [5, 5.41) is 10.2. The van der Waals surface area contributed by atoms with Crippen molar-refractivity contribution in [3.63, 3.8) is 0 Å². The van der Waals surface area contributed by atoms with Gasteiger partial charge in [0.2, 0.25) is 0 Å². The molecule has 0 spiro atoms. The quantitative estimate of drug-likeness (QED) is 0.769. The van der Waals surface area contributed by atoms with Gasteiger partial charge >= 0.3 is 0 Å². The minimum atomic E-state index is -0.696. The van der Waals surface area contributed by atoms with Gasteiger partial charge in [0.25, 0.3) is 0 Å². The Morgan fingerprint density at radius 3 is 2.11 bits per heavy atom. The second kappa shape index (κ2) is 5.92. The van der Waals surface area contributed by atoms with Gasteiger partial charge in [0.05, 0.1) is 36.1 Å². The van der Waals surface area contributed by atoms with E-state index in [-0.39, 0.29) is 29.3 Å². The Labute approximate surface area is 117 Å². The highest BCUT2D eigenvalue weighted by atomic mass is 16.5. The number of hydrogen-bond acceptors (Lipinski definition) is 4. The molecule has 3 N–H and O–H groups in total. The van der Waals surface area contributed by atoms with Crippen molar-refractivity contribution in [2.75, 3.05) is 6.61 Å². The Bertz CT molecular complexity index is 314. The summed E-state index contributed by atoms with van der Waals surface area (Å²) >= 11 is 0. The molecule has 0 aromatic heterocycles. The molecule has 4 nitrogen and oxygen atoms in total. The van der Waals surface area contributed by atoms with Crippen molar-refractivity contribution in [1.29, 1.82) is 0 Å². The molecule has 1 rings (SSSR count). The summed E-state index contributed by atoms with van der Waals surface area (Å²) in [5.41, 5.74) is 5.35. The molecule has 0 amide bonds. The lowest BCUT2D eigenvalue weighted by Crippen LogP contribution is -2.52. The van der Waals surface area contributed by atoms with Gasteiger partial charge in [-0.15, -0.1) is 0 Å². The van der Waals surface area contributed by atoms with Gasteiger partial charge in [-0.1, -0.05) is 12.2 Å². The lowest BCUT2D eigenvalue weighted by atomic mass is 9.87. The molecule has 1 unspecified atom stereocenters. The second-order valence-corrected chi connectivity index (χ2v) is 7.23. The van der Waals surface area contributed by atoms with Crippen LogP contribution in [0.3, 0.4) is 0 Å². The monoisotopic (exact) mass is 271 g/mol. The van der Waals surface area contributed by atoms with Gasteiger partial charge in [-0.3, -0.25) is 0 Å². The van der Waals surface area contributed by atoms with E-state index < -0.39 is 6.10 Å². The molecule has 4 atom stereocenters. The molecular formula is C15H29NO3. The van der Waals surface area contributed by atoms with E-state index in [2.05, 4.69) is 0 Å². The summed E-state index contributed by atoms with van der Waals surface area (Å²) < 4.78 is 11.8. The highest BCUT2D eigenvalue weighted by Crippen LogP contribution is 2.27. The third-order valence-corrected chi connectivity index (χ3v) is 2.93. The molecule has 4 heteroatoms. The first-order valence-electron chi connectivity index (χ1n) is 6.93. The summed E-state index contributed by atoms with van der Waals surface area (Å²) in [6.45, 7) is 12.5. The Balaban J connectivity index is 2.77. The predicted molar refractivity (Wildman–Crippen MR) is 76.9 cm³/mol. The van der Waals surface area contributed by atoms with Crippen LogP contribution in [0.1, 0.15) is 41.5 Å². The molecule has 0 fully saturated rings. The Hall–Kier alpha value is -0.420. The topological polar surface area (TPSA) is 64.7 Å². The fourth-order valence-electron chi connectivity index (χ4n) is 2.03. The van der Waals surface area contributed by atoms with Crippen LogP contribution in [0, 0.1) is 5.92 Å². The van der Waals surface area contributed by atoms with Crippen molar-refractivity contribution in [1.82, 2.24) is 0 Å². The van der Waals surface area contributed by atoms with Crippen molar-refractivity contribution in [2.45, 2.75) is 71.0 Å². The molecule has 0 aromatic rings. The first-order chi connectivity index (χ1) is 8.49. The van der Waals surface area contributed by atoms with E-state index in [1.807, 2.05) is 53.7 Å². The zero-order valence-corrected chi connectivity index (χ0v) is 13.0. The number of rotatable bonds is 3. The second-order valence-electron chi connectivity index (χ2n) is 7.23. The van der Waals surface area contributed by atoms with E-state index in [0.717, 1.165) is 0 Å². The number of aliphatic hydroxyl groups is 1. The summed E-state index contributed by atoms with van der Waals surface area (Å²) in [6.07, 6.45) is 2.81. The molecule has 1 aliphatic rings. The van der Waals surface area contributed by atoms with Crippen LogP contribution in [0.15, 0.2) is 12.2 Å². The van der Waals surface area contributed by atoms with Gasteiger partial charge in [0.1, 0.15) is 0 Å². The van der Waals surface area contributed by atoms with E-state index in [9.17, 15) is 5.11 Å². The molecule has 0 saturated carbocycles. The highest BCUT2D eigenvalue weighted by Gasteiger charge is 2.37. The fourth-order valence-corrected chi connectivity index (χ4v) is 2.03. The van der Waals surface area contributed by atoms with E-state index in [1.54, 1.807) is 0 Å². The normalized spacial score (nSPS) is 32.6. The Morgan fingerprint density at radius 2 is 1.63 bits per heavy atom. The molecule has 19 heavy (non-hydrogen) atoms. The van der Waals surface area contributed by atoms with Crippen LogP contribution >= 0.6 is 0 Å². The number of ether oxygens (including phenoxy) is 2. The molecule has 0 heterocycles. The van der Waals surface area contributed by atoms with Gasteiger partial charge in [-0.05, 0) is 41.5 Å². The van der Waals surface area contributed by atoms with Crippen molar-refractivity contribution in [3.8, 4) is 0 Å². The van der Waals surface area contributed by atoms with Crippen LogP contribution in [0.2, 0.25) is 0 Å². The van der Waals surface area contributed by atoms with Crippen LogP contribution in [-0.4, -0.2) is 41.2 Å². The predicted octanol–water partition coefficient (Wildman–Crippen LogP) is 1.86. The summed E-state index contributed by atoms with van der Waals surface area (Å²) in [5.74, 6) is 0.0215. The average molecular weight is 271 g/mol. The lowest BCUT2D eigenvalue weighted by molar-refractivity contribution is -0.148. The van der Waals surface area contributed by atoms with E-state index in [4.69, 9.17) is 15.2 Å². The standard InChI is InChI=1S/C15H29NO3/c1-14(2,3)18-9-10-7-8-11(16)12(17)13(10)19-15(4,5)6/h7-8,10-13,17H,9,16H2,1-6H3/t10-,11-,12+,13?/m1/s1. The molecule has 0 aliphatic heterocycles. The van der Waals surface area contributed by atoms with E-state index in [1.165, 1.54) is 0 Å². The molecule has 0 bridgehead atoms. The molecule has 112 valence electrons. The van der Waals surface area contributed by atoms with Crippen LogP contribution in [0.5, 0.6) is 0 Å². The van der Waals surface area contributed by atoms with Crippen LogP contribution < -0.4 is 5.73 Å². The van der Waals surface area contributed by atoms with Gasteiger partial charge in [0, 0.05) is 5.92 Å². The fraction of sp³-hybridized carbons (Fsp3) is 0.867. The highest BCUT2D eigenvalue weighted by molar-refractivity contribution is 5.09. The SMILES string of the molecule is CC(C)(C)OC[C@H]1C=C[C@@H](N)[C@H](O)C1OC(C)(C)C. The smallest absolute Gasteiger partial charge is 0.0994 e. The van der Waals surface area contributed by atoms with Crippen molar-refractivity contribution in [3.05, 3.63) is 12.2 Å². The van der Waals surface area contributed by atoms with Gasteiger partial charge in [-0.2, -0.15) is 0 Å². The van der Waals surface area contributed by atoms with Gasteiger partial charge < -0.3 is 20.3 Å². The Kier molecular flexibility index (Phi) is 5.18. The lowest BCUT2D eigenvalue weighted by Gasteiger charge is -2.39. The minimum Gasteiger partial charge on any atom is -0.388 e. The number of aliphatic hydroxyl groups excluding tert-OH is 1. The van der Waals surface area contributed by atoms with Crippen molar-refractivity contribution in [2.24, 2.45) is 11.7 Å². The first-order valence-corrected chi connectivity index (χ1v) is 6.93. The Morgan fingerprint density at radius 1 is 1.05 bits per heavy atom. The third kappa shape index (κ3) is 5.61. The average Bonchev–Trinajstić information content (AvgIpc) is 2.21. The number of nitrogens with two attached hydrogens (primary N) is 1. The molecule has 1 aliphatic carbocycles. The van der Waals surface area contributed by atoms with Crippen molar-refractivity contribution < 1.29 is 14.6 Å². The van der Waals surface area contributed by atoms with E-state index >= 15 is 0 Å². The molecule has 0 aromatic carbocycles. The largest absolute Gasteiger partial charge is 0.388 e. The zero-order valence-electron chi connectivity index (χ0n) is 13.0. The summed E-state index contributed by atoms with van der Waals surface area (Å²) in [4.78, 5) is 0. The van der Waals surface area contributed by atoms with Gasteiger partial charge in [0.15, 0.2) is 0 Å². The number of hydrogen-bond donors (Lipinski definition) is 2. The maximum absolute atomic E-state index is 10.2. The van der Waals surface area contributed by atoms with Crippen molar-refractivity contribution >= 4 is 0 Å². The molecule has 0 saturated heterocycles. The zero-order chi connectivity index (χ0) is 14.8. The molecular weight excluding hydrogens is 242 g/mol. The first kappa shape index (κ1) is 16.6. The minimum absolute atomic E-state index is 0.0215. The summed E-state index contributed by atoms with van der Waals surface area (Å²) in [7, 11) is 0.